The Morgan fingerprint density at radius 3 is 2.53 bits per heavy atom. The van der Waals surface area contributed by atoms with E-state index in [4.69, 9.17) is 15.9 Å². The summed E-state index contributed by atoms with van der Waals surface area (Å²) in [5, 5.41) is 17.5. The highest BCUT2D eigenvalue weighted by molar-refractivity contribution is 7.12. The molecule has 2 heterocycles. The Morgan fingerprint density at radius 1 is 1.16 bits per heavy atom. The predicted octanol–water partition coefficient (Wildman–Crippen LogP) is 1.90. The van der Waals surface area contributed by atoms with Crippen LogP contribution in [0.25, 0.3) is 0 Å². The molecule has 2 amide bonds. The Morgan fingerprint density at radius 2 is 1.89 bits per heavy atom. The number of nitrogen functional groups attached to an aromatic ring is 1. The van der Waals surface area contributed by atoms with Crippen molar-refractivity contribution in [2.45, 2.75) is 19.9 Å². The van der Waals surface area contributed by atoms with Crippen LogP contribution in [0.5, 0.6) is 0 Å². The summed E-state index contributed by atoms with van der Waals surface area (Å²) in [5.41, 5.74) is 8.51. The van der Waals surface area contributed by atoms with Crippen molar-refractivity contribution in [3.05, 3.63) is 68.7 Å². The Balaban J connectivity index is 1.67. The minimum atomic E-state index is -1.11. The van der Waals surface area contributed by atoms with E-state index < -0.39 is 17.9 Å². The Labute approximate surface area is 223 Å². The van der Waals surface area contributed by atoms with E-state index in [0.717, 1.165) is 6.21 Å². The molecule has 0 radical (unpaired) electrons. The third kappa shape index (κ3) is 6.92. The number of aryl methyl sites for hydroxylation is 2. The molecule has 0 aliphatic heterocycles. The number of anilines is 2. The van der Waals surface area contributed by atoms with Crippen LogP contribution < -0.4 is 21.7 Å². The van der Waals surface area contributed by atoms with Gasteiger partial charge in [-0.3, -0.25) is 9.59 Å². The van der Waals surface area contributed by atoms with Crippen molar-refractivity contribution in [3.63, 3.8) is 0 Å². The molecule has 38 heavy (non-hydrogen) atoms. The molecular formula is C26H27N7O4S. The molecule has 3 aromatic rings. The molecule has 0 aliphatic carbocycles. The van der Waals surface area contributed by atoms with Gasteiger partial charge in [-0.25, -0.2) is 14.8 Å². The molecule has 196 valence electrons. The fourth-order valence-corrected chi connectivity index (χ4v) is 4.14. The van der Waals surface area contributed by atoms with E-state index >= 15 is 0 Å². The van der Waals surface area contributed by atoms with E-state index in [1.165, 1.54) is 18.4 Å². The lowest BCUT2D eigenvalue weighted by Gasteiger charge is -2.18. The van der Waals surface area contributed by atoms with E-state index in [0.29, 0.717) is 33.1 Å². The van der Waals surface area contributed by atoms with Crippen LogP contribution in [0.2, 0.25) is 0 Å². The van der Waals surface area contributed by atoms with Crippen molar-refractivity contribution in [2.24, 2.45) is 0 Å². The number of hydrogen-bond donors (Lipinski definition) is 5. The van der Waals surface area contributed by atoms with E-state index in [1.54, 1.807) is 49.6 Å². The monoisotopic (exact) mass is 533 g/mol. The molecule has 11 nitrogen and oxygen atoms in total. The van der Waals surface area contributed by atoms with Crippen molar-refractivity contribution in [1.29, 1.82) is 5.41 Å². The SMILES string of the molecule is COC(=O)C(CNC(=O)c1cccs1)NC(=O)c1c(C)nc(NCC#Cc2cccc(N)c2C=N)nc1C. The maximum absolute atomic E-state index is 13.0. The molecule has 0 fully saturated rings. The standard InChI is InChI=1S/C26H27N7O4S/c1-15-22(24(35)33-20(25(36)37-3)14-30-23(34)21-10-6-12-38-21)16(2)32-26(31-15)29-11-5-8-17-7-4-9-19(28)18(17)13-27/h4,6-7,9-10,12-13,20,27H,11,14,28H2,1-3H3,(H,30,34)(H,33,35)(H,29,31,32). The van der Waals surface area contributed by atoms with Crippen LogP contribution in [0.3, 0.4) is 0 Å². The number of thiophene rings is 1. The number of ether oxygens (including phenoxy) is 1. The molecule has 0 bridgehead atoms. The van der Waals surface area contributed by atoms with Gasteiger partial charge in [0.25, 0.3) is 11.8 Å². The number of rotatable bonds is 9. The first-order valence-corrected chi connectivity index (χ1v) is 12.3. The molecule has 0 aliphatic rings. The van der Waals surface area contributed by atoms with Crippen molar-refractivity contribution in [2.75, 3.05) is 31.2 Å². The maximum Gasteiger partial charge on any atom is 0.330 e. The molecule has 3 rings (SSSR count). The zero-order valence-electron chi connectivity index (χ0n) is 21.0. The Hall–Kier alpha value is -4.76. The lowest BCUT2D eigenvalue weighted by Crippen LogP contribution is -2.49. The first-order valence-electron chi connectivity index (χ1n) is 11.4. The van der Waals surface area contributed by atoms with Gasteiger partial charge in [-0.05, 0) is 37.4 Å². The highest BCUT2D eigenvalue weighted by Gasteiger charge is 2.25. The minimum absolute atomic E-state index is 0.154. The van der Waals surface area contributed by atoms with Crippen LogP contribution in [0.15, 0.2) is 35.7 Å². The number of amides is 2. The molecular weight excluding hydrogens is 506 g/mol. The number of nitrogens with zero attached hydrogens (tertiary/aromatic N) is 2. The number of aromatic nitrogens is 2. The molecule has 2 aromatic heterocycles. The number of hydrogen-bond acceptors (Lipinski definition) is 10. The lowest BCUT2D eigenvalue weighted by molar-refractivity contribution is -0.142. The normalized spacial score (nSPS) is 10.9. The van der Waals surface area contributed by atoms with Gasteiger partial charge in [0.15, 0.2) is 0 Å². The number of esters is 1. The molecule has 1 unspecified atom stereocenters. The van der Waals surface area contributed by atoms with E-state index in [9.17, 15) is 14.4 Å². The van der Waals surface area contributed by atoms with Gasteiger partial charge in [0, 0.05) is 29.6 Å². The highest BCUT2D eigenvalue weighted by atomic mass is 32.1. The van der Waals surface area contributed by atoms with Crippen LogP contribution in [0.1, 0.15) is 42.5 Å². The summed E-state index contributed by atoms with van der Waals surface area (Å²) in [6.45, 7) is 3.36. The summed E-state index contributed by atoms with van der Waals surface area (Å²) in [4.78, 5) is 46.7. The van der Waals surface area contributed by atoms with Gasteiger partial charge in [-0.1, -0.05) is 24.0 Å². The average molecular weight is 534 g/mol. The van der Waals surface area contributed by atoms with Gasteiger partial charge in [0.2, 0.25) is 5.95 Å². The minimum Gasteiger partial charge on any atom is -0.467 e. The largest absolute Gasteiger partial charge is 0.467 e. The number of carbonyl (C=O) groups is 3. The van der Waals surface area contributed by atoms with Gasteiger partial charge < -0.3 is 31.8 Å². The number of nitrogens with one attached hydrogen (secondary N) is 4. The zero-order valence-corrected chi connectivity index (χ0v) is 21.9. The lowest BCUT2D eigenvalue weighted by atomic mass is 10.1. The van der Waals surface area contributed by atoms with Gasteiger partial charge in [-0.15, -0.1) is 11.3 Å². The highest BCUT2D eigenvalue weighted by Crippen LogP contribution is 2.15. The van der Waals surface area contributed by atoms with Crippen LogP contribution >= 0.6 is 11.3 Å². The number of carbonyl (C=O) groups excluding carboxylic acids is 3. The number of nitrogens with two attached hydrogens (primary N) is 1. The summed E-state index contributed by atoms with van der Waals surface area (Å²) in [5.74, 6) is 4.54. The third-order valence-electron chi connectivity index (χ3n) is 5.34. The summed E-state index contributed by atoms with van der Waals surface area (Å²) in [6.07, 6.45) is 1.16. The average Bonchev–Trinajstić information content (AvgIpc) is 3.43. The zero-order chi connectivity index (χ0) is 27.7. The molecule has 0 spiro atoms. The number of methoxy groups -OCH3 is 1. The van der Waals surface area contributed by atoms with Crippen LogP contribution in [0, 0.1) is 31.1 Å². The van der Waals surface area contributed by atoms with Crippen molar-refractivity contribution in [3.8, 4) is 11.8 Å². The predicted molar refractivity (Wildman–Crippen MR) is 146 cm³/mol. The fraction of sp³-hybridized carbons (Fsp3) is 0.231. The molecule has 12 heteroatoms. The van der Waals surface area contributed by atoms with Crippen molar-refractivity contribution in [1.82, 2.24) is 20.6 Å². The Bertz CT molecular complexity index is 1390. The maximum atomic E-state index is 13.0. The summed E-state index contributed by atoms with van der Waals surface area (Å²) in [7, 11) is 1.20. The number of benzene rings is 1. The summed E-state index contributed by atoms with van der Waals surface area (Å²) < 4.78 is 4.78. The molecule has 1 atom stereocenters. The molecule has 0 saturated carbocycles. The Kier molecular flexibility index (Phi) is 9.50. The van der Waals surface area contributed by atoms with E-state index in [1.807, 2.05) is 0 Å². The quantitative estimate of drug-likeness (QED) is 0.120. The summed E-state index contributed by atoms with van der Waals surface area (Å²) >= 11 is 1.26. The van der Waals surface area contributed by atoms with Crippen LogP contribution in [-0.2, 0) is 9.53 Å². The van der Waals surface area contributed by atoms with E-state index in [-0.39, 0.29) is 30.5 Å². The first-order chi connectivity index (χ1) is 18.2. The first kappa shape index (κ1) is 27.8. The van der Waals surface area contributed by atoms with Gasteiger partial charge in [0.1, 0.15) is 6.04 Å². The summed E-state index contributed by atoms with van der Waals surface area (Å²) in [6, 6.07) is 7.53. The second-order valence-corrected chi connectivity index (χ2v) is 8.89. The van der Waals surface area contributed by atoms with Gasteiger partial charge in [0.05, 0.1) is 35.5 Å². The third-order valence-corrected chi connectivity index (χ3v) is 6.21. The van der Waals surface area contributed by atoms with Gasteiger partial charge >= 0.3 is 5.97 Å². The van der Waals surface area contributed by atoms with E-state index in [2.05, 4.69) is 37.8 Å². The smallest absolute Gasteiger partial charge is 0.330 e. The topological polar surface area (TPSA) is 172 Å². The van der Waals surface area contributed by atoms with Gasteiger partial charge in [-0.2, -0.15) is 0 Å². The molecule has 1 aromatic carbocycles. The second-order valence-electron chi connectivity index (χ2n) is 7.94. The fourth-order valence-electron chi connectivity index (χ4n) is 3.50. The van der Waals surface area contributed by atoms with Crippen molar-refractivity contribution < 1.29 is 19.1 Å². The molecule has 0 saturated heterocycles. The van der Waals surface area contributed by atoms with Crippen LogP contribution in [0.4, 0.5) is 11.6 Å². The van der Waals surface area contributed by atoms with Crippen molar-refractivity contribution >= 4 is 47.0 Å². The molecule has 6 N–H and O–H groups in total. The second kappa shape index (κ2) is 13.0. The van der Waals surface area contributed by atoms with Crippen LogP contribution in [-0.4, -0.2) is 60.2 Å².